The molecule has 0 aliphatic carbocycles. The number of carbonyl (C=O) groups excluding carboxylic acids is 1. The van der Waals surface area contributed by atoms with Crippen molar-refractivity contribution in [1.82, 2.24) is 24.8 Å². The van der Waals surface area contributed by atoms with Gasteiger partial charge in [0, 0.05) is 54.3 Å². The number of hydrogen-bond donors (Lipinski definition) is 2. The van der Waals surface area contributed by atoms with Crippen LogP contribution in [0.3, 0.4) is 0 Å². The number of likely N-dealkylation sites (N-methyl/N-ethyl adjacent to an activating group) is 1. The average molecular weight is 641 g/mol. The minimum absolute atomic E-state index is 0.0203. The first kappa shape index (κ1) is 32.7. The Morgan fingerprint density at radius 2 is 1.78 bits per heavy atom. The third-order valence-corrected chi connectivity index (χ3v) is 7.77. The number of likely N-dealkylation sites (tertiary alicyclic amines) is 1. The summed E-state index contributed by atoms with van der Waals surface area (Å²) >= 11 is 0. The lowest BCUT2D eigenvalue weighted by Gasteiger charge is -2.22. The van der Waals surface area contributed by atoms with Gasteiger partial charge in [0.1, 0.15) is 11.4 Å². The number of aromatic amines is 1. The third-order valence-electron chi connectivity index (χ3n) is 7.77. The van der Waals surface area contributed by atoms with Crippen molar-refractivity contribution >= 4 is 11.6 Å². The number of nitrogens with one attached hydrogen (secondary N) is 2. The van der Waals surface area contributed by atoms with E-state index in [1.807, 2.05) is 19.0 Å². The molecule has 2 N–H and O–H groups in total. The second-order valence-corrected chi connectivity index (χ2v) is 11.3. The van der Waals surface area contributed by atoms with Crippen LogP contribution in [0.1, 0.15) is 50.3 Å². The third kappa shape index (κ3) is 7.75. The van der Waals surface area contributed by atoms with Crippen LogP contribution < -0.4 is 5.32 Å². The van der Waals surface area contributed by atoms with E-state index in [0.29, 0.717) is 36.5 Å². The molecule has 0 saturated carbocycles. The van der Waals surface area contributed by atoms with E-state index in [-0.39, 0.29) is 34.9 Å². The fourth-order valence-corrected chi connectivity index (χ4v) is 5.12. The summed E-state index contributed by atoms with van der Waals surface area (Å²) in [5, 5.41) is 2.57. The molecule has 2 aromatic carbocycles. The van der Waals surface area contributed by atoms with Gasteiger partial charge in [-0.3, -0.25) is 14.7 Å². The number of pyridine rings is 1. The van der Waals surface area contributed by atoms with Crippen LogP contribution in [0.15, 0.2) is 60.9 Å². The summed E-state index contributed by atoms with van der Waals surface area (Å²) in [5.74, 6) is 5.23. The van der Waals surface area contributed by atoms with Crippen LogP contribution in [-0.2, 0) is 18.9 Å². The monoisotopic (exact) mass is 640 g/mol. The Morgan fingerprint density at radius 1 is 1.00 bits per heavy atom. The summed E-state index contributed by atoms with van der Waals surface area (Å²) < 4.78 is 80.7. The summed E-state index contributed by atoms with van der Waals surface area (Å²) in [7, 11) is 3.91. The lowest BCUT2D eigenvalue weighted by Crippen LogP contribution is -2.31. The topological polar surface area (TPSA) is 77.2 Å². The highest BCUT2D eigenvalue weighted by Crippen LogP contribution is 2.35. The van der Waals surface area contributed by atoms with E-state index in [9.17, 15) is 31.1 Å². The van der Waals surface area contributed by atoms with Gasteiger partial charge in [-0.05, 0) is 75.0 Å². The molecule has 46 heavy (non-hydrogen) atoms. The summed E-state index contributed by atoms with van der Waals surface area (Å²) in [6.45, 7) is 3.33. The molecule has 240 valence electrons. The number of benzene rings is 2. The summed E-state index contributed by atoms with van der Waals surface area (Å²) in [5.41, 5.74) is 0.520. The standard InChI is InChI=1S/C33H30F6N6O/c1-20-4-7-23(14-22(20)8-5-21-6-11-28(40-16-21)30-41-17-29(43-30)33(37,38)39)31(46)42-25-10-9-24(27(15-25)32(34,35)36)18-45-13-12-26(19-45)44(2)3/h4,6-7,9-11,14-17,26H,12-13,18-19H2,1-3H3,(H,41,43)(H,42,46)/t26-/m1/s1. The van der Waals surface area contributed by atoms with Gasteiger partial charge in [-0.15, -0.1) is 0 Å². The highest BCUT2D eigenvalue weighted by Gasteiger charge is 2.35. The summed E-state index contributed by atoms with van der Waals surface area (Å²) in [6.07, 6.45) is -6.19. The van der Waals surface area contributed by atoms with E-state index in [1.54, 1.807) is 25.1 Å². The number of halogens is 6. The highest BCUT2D eigenvalue weighted by atomic mass is 19.4. The largest absolute Gasteiger partial charge is 0.432 e. The zero-order chi connectivity index (χ0) is 33.2. The second-order valence-electron chi connectivity index (χ2n) is 11.3. The van der Waals surface area contributed by atoms with E-state index in [4.69, 9.17) is 0 Å². The Morgan fingerprint density at radius 3 is 2.41 bits per heavy atom. The van der Waals surface area contributed by atoms with E-state index in [2.05, 4.69) is 37.0 Å². The lowest BCUT2D eigenvalue weighted by atomic mass is 10.0. The van der Waals surface area contributed by atoms with Crippen LogP contribution in [-0.4, -0.2) is 63.9 Å². The molecule has 0 radical (unpaired) electrons. The quantitative estimate of drug-likeness (QED) is 0.183. The first-order valence-corrected chi connectivity index (χ1v) is 14.3. The van der Waals surface area contributed by atoms with Crippen LogP contribution in [0.4, 0.5) is 32.0 Å². The van der Waals surface area contributed by atoms with Gasteiger partial charge in [0.05, 0.1) is 11.8 Å². The average Bonchev–Trinajstić information content (AvgIpc) is 3.68. The van der Waals surface area contributed by atoms with Gasteiger partial charge in [-0.1, -0.05) is 24.0 Å². The molecule has 1 aliphatic heterocycles. The maximum Gasteiger partial charge on any atom is 0.432 e. The van der Waals surface area contributed by atoms with Crippen LogP contribution in [0, 0.1) is 18.8 Å². The van der Waals surface area contributed by atoms with Crippen molar-refractivity contribution in [1.29, 1.82) is 0 Å². The molecule has 0 bridgehead atoms. The minimum Gasteiger partial charge on any atom is -0.333 e. The number of rotatable bonds is 6. The molecule has 4 aromatic rings. The van der Waals surface area contributed by atoms with Crippen molar-refractivity contribution in [3.63, 3.8) is 0 Å². The molecule has 1 amide bonds. The molecule has 3 heterocycles. The van der Waals surface area contributed by atoms with Gasteiger partial charge in [-0.25, -0.2) is 4.98 Å². The number of aryl methyl sites for hydroxylation is 1. The van der Waals surface area contributed by atoms with Crippen LogP contribution in [0.5, 0.6) is 0 Å². The number of carbonyl (C=O) groups is 1. The molecular formula is C33H30F6N6O. The molecule has 0 unspecified atom stereocenters. The lowest BCUT2D eigenvalue weighted by molar-refractivity contribution is -0.141. The maximum absolute atomic E-state index is 14.0. The fourth-order valence-electron chi connectivity index (χ4n) is 5.12. The molecule has 2 aromatic heterocycles. The first-order chi connectivity index (χ1) is 21.7. The van der Waals surface area contributed by atoms with Crippen molar-refractivity contribution in [2.24, 2.45) is 0 Å². The predicted molar refractivity (Wildman–Crippen MR) is 161 cm³/mol. The van der Waals surface area contributed by atoms with Crippen molar-refractivity contribution < 1.29 is 31.1 Å². The Labute approximate surface area is 261 Å². The minimum atomic E-state index is -4.60. The van der Waals surface area contributed by atoms with Crippen LogP contribution in [0.25, 0.3) is 11.5 Å². The van der Waals surface area contributed by atoms with Gasteiger partial charge in [-0.2, -0.15) is 26.3 Å². The van der Waals surface area contributed by atoms with Gasteiger partial charge >= 0.3 is 12.4 Å². The van der Waals surface area contributed by atoms with Crippen molar-refractivity contribution in [3.8, 4) is 23.4 Å². The normalized spacial score (nSPS) is 15.6. The molecule has 1 aliphatic rings. The zero-order valence-corrected chi connectivity index (χ0v) is 25.1. The van der Waals surface area contributed by atoms with Crippen molar-refractivity contribution in [2.75, 3.05) is 32.5 Å². The number of H-pyrrole nitrogens is 1. The number of amides is 1. The Balaban J connectivity index is 1.29. The van der Waals surface area contributed by atoms with Crippen molar-refractivity contribution in [3.05, 3.63) is 100.0 Å². The van der Waals surface area contributed by atoms with Crippen LogP contribution in [0.2, 0.25) is 0 Å². The van der Waals surface area contributed by atoms with Gasteiger partial charge in [0.15, 0.2) is 5.82 Å². The Hall–Kier alpha value is -4.67. The first-order valence-electron chi connectivity index (χ1n) is 14.3. The predicted octanol–water partition coefficient (Wildman–Crippen LogP) is 6.61. The van der Waals surface area contributed by atoms with E-state index in [1.165, 1.54) is 30.5 Å². The van der Waals surface area contributed by atoms with E-state index >= 15 is 0 Å². The Kier molecular flexibility index (Phi) is 9.23. The second kappa shape index (κ2) is 13.0. The Bertz CT molecular complexity index is 1780. The maximum atomic E-state index is 14.0. The smallest absolute Gasteiger partial charge is 0.333 e. The number of nitrogens with zero attached hydrogens (tertiary/aromatic N) is 4. The molecule has 1 atom stereocenters. The molecular weight excluding hydrogens is 610 g/mol. The van der Waals surface area contributed by atoms with Gasteiger partial charge in [0.25, 0.3) is 5.91 Å². The number of hydrogen-bond acceptors (Lipinski definition) is 5. The van der Waals surface area contributed by atoms with Crippen molar-refractivity contribution in [2.45, 2.75) is 38.3 Å². The highest BCUT2D eigenvalue weighted by molar-refractivity contribution is 6.04. The zero-order valence-electron chi connectivity index (χ0n) is 25.1. The summed E-state index contributed by atoms with van der Waals surface area (Å²) in [4.78, 5) is 27.2. The fraction of sp³-hybridized carbons (Fsp3) is 0.303. The molecule has 13 heteroatoms. The molecule has 0 spiro atoms. The molecule has 7 nitrogen and oxygen atoms in total. The SMILES string of the molecule is Cc1ccc(C(=O)Nc2ccc(CN3CC[C@@H](N(C)C)C3)c(C(F)(F)F)c2)cc1C#Cc1ccc(-c2ncc(C(F)(F)F)[nH]2)nc1. The number of alkyl halides is 6. The van der Waals surface area contributed by atoms with E-state index in [0.717, 1.165) is 18.1 Å². The van der Waals surface area contributed by atoms with E-state index < -0.39 is 29.5 Å². The molecule has 5 rings (SSSR count). The number of aromatic nitrogens is 3. The molecule has 1 fully saturated rings. The van der Waals surface area contributed by atoms with Gasteiger partial charge < -0.3 is 15.2 Å². The summed E-state index contributed by atoms with van der Waals surface area (Å²) in [6, 6.07) is 12.0. The van der Waals surface area contributed by atoms with Gasteiger partial charge in [0.2, 0.25) is 0 Å². The number of imidazole rings is 1. The molecule has 1 saturated heterocycles. The van der Waals surface area contributed by atoms with Crippen LogP contribution >= 0.6 is 0 Å². The number of anilines is 1.